The topological polar surface area (TPSA) is 59.0 Å². The number of carbonyl (C=O) groups excluding carboxylic acids is 1. The second-order valence-electron chi connectivity index (χ2n) is 6.15. The third-order valence-electron chi connectivity index (χ3n) is 3.95. The van der Waals surface area contributed by atoms with Gasteiger partial charge >= 0.3 is 6.03 Å². The Balaban J connectivity index is 1.57. The SMILES string of the molecule is Cc1cc(C)n(-c2cccc(NC(=O)NCCc3cccc(F)c3)c2)n1. The van der Waals surface area contributed by atoms with Gasteiger partial charge in [0.25, 0.3) is 0 Å². The summed E-state index contributed by atoms with van der Waals surface area (Å²) >= 11 is 0. The number of benzene rings is 2. The number of nitrogens with one attached hydrogen (secondary N) is 2. The summed E-state index contributed by atoms with van der Waals surface area (Å²) in [4.78, 5) is 12.1. The quantitative estimate of drug-likeness (QED) is 0.729. The fourth-order valence-electron chi connectivity index (χ4n) is 2.79. The summed E-state index contributed by atoms with van der Waals surface area (Å²) in [5.41, 5.74) is 4.37. The van der Waals surface area contributed by atoms with Gasteiger partial charge in [-0.25, -0.2) is 13.9 Å². The van der Waals surface area contributed by atoms with Crippen LogP contribution in [0.4, 0.5) is 14.9 Å². The van der Waals surface area contributed by atoms with Crippen LogP contribution in [0.5, 0.6) is 0 Å². The van der Waals surface area contributed by atoms with E-state index in [1.165, 1.54) is 12.1 Å². The second-order valence-corrected chi connectivity index (χ2v) is 6.15. The van der Waals surface area contributed by atoms with Crippen LogP contribution < -0.4 is 10.6 Å². The number of rotatable bonds is 5. The van der Waals surface area contributed by atoms with Crippen molar-refractivity contribution in [2.45, 2.75) is 20.3 Å². The highest BCUT2D eigenvalue weighted by atomic mass is 19.1. The normalized spacial score (nSPS) is 10.6. The van der Waals surface area contributed by atoms with E-state index in [0.717, 1.165) is 22.6 Å². The number of carbonyl (C=O) groups is 1. The lowest BCUT2D eigenvalue weighted by atomic mass is 10.1. The number of hydrogen-bond acceptors (Lipinski definition) is 2. The Bertz CT molecular complexity index is 920. The summed E-state index contributed by atoms with van der Waals surface area (Å²) in [5, 5.41) is 10.0. The Hall–Kier alpha value is -3.15. The summed E-state index contributed by atoms with van der Waals surface area (Å²) in [7, 11) is 0. The molecule has 1 aromatic heterocycles. The predicted octanol–water partition coefficient (Wildman–Crippen LogP) is 3.99. The van der Waals surface area contributed by atoms with Crippen molar-refractivity contribution in [2.75, 3.05) is 11.9 Å². The summed E-state index contributed by atoms with van der Waals surface area (Å²) in [6.07, 6.45) is 0.566. The van der Waals surface area contributed by atoms with E-state index in [2.05, 4.69) is 15.7 Å². The Morgan fingerprint density at radius 3 is 2.65 bits per heavy atom. The molecule has 0 radical (unpaired) electrons. The molecule has 2 aromatic carbocycles. The van der Waals surface area contributed by atoms with Gasteiger partial charge in [-0.3, -0.25) is 0 Å². The Morgan fingerprint density at radius 2 is 1.92 bits per heavy atom. The molecule has 0 saturated heterocycles. The molecule has 0 saturated carbocycles. The van der Waals surface area contributed by atoms with Gasteiger partial charge in [-0.15, -0.1) is 0 Å². The molecule has 134 valence electrons. The lowest BCUT2D eigenvalue weighted by Gasteiger charge is -2.10. The number of hydrogen-bond donors (Lipinski definition) is 2. The molecule has 2 amide bonds. The highest BCUT2D eigenvalue weighted by molar-refractivity contribution is 5.89. The summed E-state index contributed by atoms with van der Waals surface area (Å²) in [6.45, 7) is 4.35. The van der Waals surface area contributed by atoms with E-state index in [1.54, 1.807) is 6.07 Å². The van der Waals surface area contributed by atoms with Crippen molar-refractivity contribution in [3.05, 3.63) is 77.4 Å². The summed E-state index contributed by atoms with van der Waals surface area (Å²) in [5.74, 6) is -0.270. The number of aryl methyl sites for hydroxylation is 2. The number of nitrogens with zero attached hydrogens (tertiary/aromatic N) is 2. The predicted molar refractivity (Wildman–Crippen MR) is 100 cm³/mol. The first-order chi connectivity index (χ1) is 12.5. The third-order valence-corrected chi connectivity index (χ3v) is 3.95. The van der Waals surface area contributed by atoms with E-state index in [-0.39, 0.29) is 11.8 Å². The van der Waals surface area contributed by atoms with Gasteiger partial charge in [0.15, 0.2) is 0 Å². The van der Waals surface area contributed by atoms with Gasteiger partial charge < -0.3 is 10.6 Å². The van der Waals surface area contributed by atoms with E-state index in [0.29, 0.717) is 18.7 Å². The minimum Gasteiger partial charge on any atom is -0.338 e. The van der Waals surface area contributed by atoms with Crippen LogP contribution in [0.3, 0.4) is 0 Å². The molecule has 0 spiro atoms. The molecule has 0 unspecified atom stereocenters. The first-order valence-corrected chi connectivity index (χ1v) is 8.44. The molecule has 2 N–H and O–H groups in total. The van der Waals surface area contributed by atoms with Gasteiger partial charge in [-0.2, -0.15) is 5.10 Å². The number of anilines is 1. The maximum atomic E-state index is 13.1. The number of amides is 2. The zero-order chi connectivity index (χ0) is 18.5. The van der Waals surface area contributed by atoms with Crippen molar-refractivity contribution in [3.8, 4) is 5.69 Å². The summed E-state index contributed by atoms with van der Waals surface area (Å²) < 4.78 is 15.0. The molecule has 0 aliphatic carbocycles. The maximum Gasteiger partial charge on any atom is 0.319 e. The fraction of sp³-hybridized carbons (Fsp3) is 0.200. The van der Waals surface area contributed by atoms with Gasteiger partial charge in [0.2, 0.25) is 0 Å². The minimum atomic E-state index is -0.299. The van der Waals surface area contributed by atoms with Crippen LogP contribution in [0, 0.1) is 19.7 Å². The monoisotopic (exact) mass is 352 g/mol. The lowest BCUT2D eigenvalue weighted by molar-refractivity contribution is 0.252. The molecule has 0 aliphatic heterocycles. The van der Waals surface area contributed by atoms with Crippen molar-refractivity contribution in [1.82, 2.24) is 15.1 Å². The molecule has 1 heterocycles. The van der Waals surface area contributed by atoms with Crippen LogP contribution in [0.25, 0.3) is 5.69 Å². The fourth-order valence-corrected chi connectivity index (χ4v) is 2.79. The van der Waals surface area contributed by atoms with E-state index in [4.69, 9.17) is 0 Å². The highest BCUT2D eigenvalue weighted by Crippen LogP contribution is 2.16. The average Bonchev–Trinajstić information content (AvgIpc) is 2.93. The number of halogens is 1. The zero-order valence-electron chi connectivity index (χ0n) is 14.8. The van der Waals surface area contributed by atoms with Crippen LogP contribution in [0.15, 0.2) is 54.6 Å². The Kier molecular flexibility index (Phi) is 5.31. The maximum absolute atomic E-state index is 13.1. The Morgan fingerprint density at radius 1 is 1.12 bits per heavy atom. The van der Waals surface area contributed by atoms with Crippen molar-refractivity contribution < 1.29 is 9.18 Å². The lowest BCUT2D eigenvalue weighted by Crippen LogP contribution is -2.30. The van der Waals surface area contributed by atoms with Crippen LogP contribution in [0.1, 0.15) is 17.0 Å². The standard InChI is InChI=1S/C20H21FN4O/c1-14-11-15(2)25(24-14)19-8-4-7-18(13-19)23-20(26)22-10-9-16-5-3-6-17(21)12-16/h3-8,11-13H,9-10H2,1-2H3,(H2,22,23,26). The van der Waals surface area contributed by atoms with Gasteiger partial charge in [-0.1, -0.05) is 18.2 Å². The zero-order valence-corrected chi connectivity index (χ0v) is 14.8. The van der Waals surface area contributed by atoms with E-state index in [1.807, 2.05) is 54.9 Å². The highest BCUT2D eigenvalue weighted by Gasteiger charge is 2.06. The van der Waals surface area contributed by atoms with E-state index in [9.17, 15) is 9.18 Å². The van der Waals surface area contributed by atoms with Crippen LogP contribution in [-0.4, -0.2) is 22.4 Å². The molecule has 0 bridgehead atoms. The third kappa shape index (κ3) is 4.47. The number of aromatic nitrogens is 2. The van der Waals surface area contributed by atoms with Crippen molar-refractivity contribution in [2.24, 2.45) is 0 Å². The van der Waals surface area contributed by atoms with E-state index < -0.39 is 0 Å². The van der Waals surface area contributed by atoms with Gasteiger partial charge in [0, 0.05) is 17.9 Å². The summed E-state index contributed by atoms with van der Waals surface area (Å²) in [6, 6.07) is 15.6. The first-order valence-electron chi connectivity index (χ1n) is 8.44. The molecule has 0 fully saturated rings. The number of urea groups is 1. The average molecular weight is 352 g/mol. The molecule has 26 heavy (non-hydrogen) atoms. The van der Waals surface area contributed by atoms with E-state index >= 15 is 0 Å². The Labute approximate surface area is 151 Å². The second kappa shape index (κ2) is 7.82. The van der Waals surface area contributed by atoms with Crippen LogP contribution in [-0.2, 0) is 6.42 Å². The van der Waals surface area contributed by atoms with Crippen LogP contribution in [0.2, 0.25) is 0 Å². The molecule has 0 atom stereocenters. The molecule has 6 heteroatoms. The molecule has 0 aliphatic rings. The minimum absolute atomic E-state index is 0.270. The molecule has 5 nitrogen and oxygen atoms in total. The molecular weight excluding hydrogens is 331 g/mol. The van der Waals surface area contributed by atoms with Crippen molar-refractivity contribution >= 4 is 11.7 Å². The smallest absolute Gasteiger partial charge is 0.319 e. The largest absolute Gasteiger partial charge is 0.338 e. The van der Waals surface area contributed by atoms with Gasteiger partial charge in [0.1, 0.15) is 5.82 Å². The van der Waals surface area contributed by atoms with Gasteiger partial charge in [0.05, 0.1) is 11.4 Å². The van der Waals surface area contributed by atoms with Crippen molar-refractivity contribution in [3.63, 3.8) is 0 Å². The molecule has 3 rings (SSSR count). The first kappa shape index (κ1) is 17.7. The molecular formula is C20H21FN4O. The van der Waals surface area contributed by atoms with Crippen LogP contribution >= 0.6 is 0 Å². The van der Waals surface area contributed by atoms with Crippen molar-refractivity contribution in [1.29, 1.82) is 0 Å². The van der Waals surface area contributed by atoms with Gasteiger partial charge in [-0.05, 0) is 62.2 Å². The molecule has 3 aromatic rings.